The number of hydrogen-bond acceptors (Lipinski definition) is 5. The Kier molecular flexibility index (Phi) is 4.10. The Labute approximate surface area is 134 Å². The maximum absolute atomic E-state index is 12.8. The number of amides is 1. The first kappa shape index (κ1) is 16.2. The van der Waals surface area contributed by atoms with Crippen LogP contribution in [0, 0.1) is 0 Å². The molecule has 1 aromatic carbocycles. The topological polar surface area (TPSA) is 90.1 Å². The van der Waals surface area contributed by atoms with Crippen LogP contribution >= 0.6 is 0 Å². The third-order valence-electron chi connectivity index (χ3n) is 3.48. The zero-order valence-electron chi connectivity index (χ0n) is 12.3. The number of aromatic nitrogens is 2. The summed E-state index contributed by atoms with van der Waals surface area (Å²) in [4.78, 5) is 18.1. The van der Waals surface area contributed by atoms with Crippen LogP contribution in [0.3, 0.4) is 0 Å². The lowest BCUT2D eigenvalue weighted by atomic mass is 10.1. The van der Waals surface area contributed by atoms with Gasteiger partial charge in [-0.05, 0) is 24.3 Å². The normalized spacial score (nSPS) is 15.0. The molecule has 0 aliphatic carbocycles. The molecule has 1 aliphatic heterocycles. The monoisotopic (exact) mass is 338 g/mol. The van der Waals surface area contributed by atoms with E-state index in [1.54, 1.807) is 12.1 Å². The number of rotatable bonds is 4. The van der Waals surface area contributed by atoms with E-state index >= 15 is 0 Å². The lowest BCUT2D eigenvalue weighted by Crippen LogP contribution is -2.50. The molecule has 0 unspecified atom stereocenters. The molecule has 6 nitrogen and oxygen atoms in total. The van der Waals surface area contributed by atoms with Gasteiger partial charge in [0.05, 0.1) is 11.3 Å². The minimum atomic E-state index is -4.72. The molecule has 1 aromatic heterocycles. The zero-order valence-corrected chi connectivity index (χ0v) is 12.3. The molecule has 9 heteroatoms. The largest absolute Gasteiger partial charge is 0.488 e. The van der Waals surface area contributed by atoms with Gasteiger partial charge in [-0.15, -0.1) is 0 Å². The average molecular weight is 338 g/mol. The van der Waals surface area contributed by atoms with Crippen LogP contribution in [0.1, 0.15) is 16.2 Å². The van der Waals surface area contributed by atoms with Gasteiger partial charge in [-0.2, -0.15) is 13.2 Å². The molecule has 1 aliphatic rings. The van der Waals surface area contributed by atoms with Crippen molar-refractivity contribution in [2.75, 3.05) is 13.1 Å². The molecule has 126 valence electrons. The molecule has 3 N–H and O–H groups in total. The lowest BCUT2D eigenvalue weighted by molar-refractivity contribution is -0.144. The van der Waals surface area contributed by atoms with Crippen LogP contribution in [0.4, 0.5) is 13.2 Å². The van der Waals surface area contributed by atoms with Crippen LogP contribution in [-0.2, 0) is 6.18 Å². The Balaban J connectivity index is 1.95. The fourth-order valence-corrected chi connectivity index (χ4v) is 2.15. The molecule has 0 atom stereocenters. The van der Waals surface area contributed by atoms with Gasteiger partial charge < -0.3 is 15.8 Å². The maximum atomic E-state index is 12.8. The van der Waals surface area contributed by atoms with E-state index in [0.717, 1.165) is 19.3 Å². The molecule has 0 saturated carbocycles. The minimum absolute atomic E-state index is 0.0768. The first-order valence-electron chi connectivity index (χ1n) is 7.06. The Morgan fingerprint density at radius 2 is 1.92 bits per heavy atom. The average Bonchev–Trinajstić information content (AvgIpc) is 2.50. The highest BCUT2D eigenvalue weighted by Gasteiger charge is 2.35. The number of halogens is 3. The van der Waals surface area contributed by atoms with Crippen molar-refractivity contribution in [2.45, 2.75) is 12.3 Å². The van der Waals surface area contributed by atoms with Crippen molar-refractivity contribution in [1.82, 2.24) is 15.3 Å². The smallest absolute Gasteiger partial charge is 0.451 e. The summed E-state index contributed by atoms with van der Waals surface area (Å²) < 4.78 is 44.0. The van der Waals surface area contributed by atoms with E-state index in [2.05, 4.69) is 15.3 Å². The number of carbonyl (C=O) groups is 1. The second-order valence-corrected chi connectivity index (χ2v) is 5.24. The molecular formula is C15H13F3N4O2. The van der Waals surface area contributed by atoms with Crippen LogP contribution in [-0.4, -0.2) is 35.1 Å². The van der Waals surface area contributed by atoms with Gasteiger partial charge in [-0.1, -0.05) is 0 Å². The lowest BCUT2D eigenvalue weighted by Gasteiger charge is -2.27. The SMILES string of the molecule is NC(=O)c1cnc(C(F)(F)F)nc1-c1ccc(OC2CNC2)cc1. The molecule has 3 rings (SSSR count). The predicted molar refractivity (Wildman–Crippen MR) is 78.3 cm³/mol. The summed E-state index contributed by atoms with van der Waals surface area (Å²) in [6.45, 7) is 1.49. The van der Waals surface area contributed by atoms with Crippen molar-refractivity contribution >= 4 is 5.91 Å². The number of primary amides is 1. The quantitative estimate of drug-likeness (QED) is 0.884. The van der Waals surface area contributed by atoms with Crippen LogP contribution in [0.2, 0.25) is 0 Å². The Morgan fingerprint density at radius 3 is 2.42 bits per heavy atom. The first-order chi connectivity index (χ1) is 11.3. The van der Waals surface area contributed by atoms with Crippen molar-refractivity contribution in [2.24, 2.45) is 5.73 Å². The van der Waals surface area contributed by atoms with E-state index in [-0.39, 0.29) is 17.4 Å². The molecule has 2 aromatic rings. The van der Waals surface area contributed by atoms with Gasteiger partial charge in [-0.3, -0.25) is 4.79 Å². The number of nitrogens with two attached hydrogens (primary N) is 1. The van der Waals surface area contributed by atoms with Crippen molar-refractivity contribution in [3.8, 4) is 17.0 Å². The third kappa shape index (κ3) is 3.30. The van der Waals surface area contributed by atoms with E-state index in [4.69, 9.17) is 10.5 Å². The van der Waals surface area contributed by atoms with Gasteiger partial charge in [0, 0.05) is 24.8 Å². The summed E-state index contributed by atoms with van der Waals surface area (Å²) in [5.41, 5.74) is 5.17. The van der Waals surface area contributed by atoms with E-state index < -0.39 is 17.9 Å². The Bertz CT molecular complexity index is 758. The Hall–Kier alpha value is -2.68. The molecule has 0 spiro atoms. The van der Waals surface area contributed by atoms with Gasteiger partial charge >= 0.3 is 6.18 Å². The predicted octanol–water partition coefficient (Wildman–Crippen LogP) is 1.61. The number of nitrogens with zero attached hydrogens (tertiary/aromatic N) is 2. The number of nitrogens with one attached hydrogen (secondary N) is 1. The van der Waals surface area contributed by atoms with Crippen molar-refractivity contribution < 1.29 is 22.7 Å². The van der Waals surface area contributed by atoms with E-state index in [9.17, 15) is 18.0 Å². The third-order valence-corrected chi connectivity index (χ3v) is 3.48. The van der Waals surface area contributed by atoms with Gasteiger partial charge in [0.2, 0.25) is 5.82 Å². The van der Waals surface area contributed by atoms with E-state index in [1.165, 1.54) is 12.1 Å². The van der Waals surface area contributed by atoms with Crippen molar-refractivity contribution in [3.63, 3.8) is 0 Å². The van der Waals surface area contributed by atoms with Gasteiger partial charge in [0.25, 0.3) is 5.91 Å². The summed E-state index contributed by atoms with van der Waals surface area (Å²) >= 11 is 0. The van der Waals surface area contributed by atoms with Crippen LogP contribution in [0.25, 0.3) is 11.3 Å². The zero-order chi connectivity index (χ0) is 17.3. The second-order valence-electron chi connectivity index (χ2n) is 5.24. The molecule has 24 heavy (non-hydrogen) atoms. The Morgan fingerprint density at radius 1 is 1.25 bits per heavy atom. The van der Waals surface area contributed by atoms with Crippen molar-refractivity contribution in [3.05, 3.63) is 41.9 Å². The molecule has 1 saturated heterocycles. The summed E-state index contributed by atoms with van der Waals surface area (Å²) in [6.07, 6.45) is -3.85. The van der Waals surface area contributed by atoms with E-state index in [0.29, 0.717) is 11.3 Å². The van der Waals surface area contributed by atoms with Gasteiger partial charge in [0.1, 0.15) is 11.9 Å². The minimum Gasteiger partial charge on any atom is -0.488 e. The van der Waals surface area contributed by atoms with Gasteiger partial charge in [-0.25, -0.2) is 9.97 Å². The fourth-order valence-electron chi connectivity index (χ4n) is 2.15. The maximum Gasteiger partial charge on any atom is 0.451 e. The van der Waals surface area contributed by atoms with Crippen LogP contribution in [0.5, 0.6) is 5.75 Å². The standard InChI is InChI=1S/C15H13F3N4O2/c16-15(17,18)14-21-7-11(13(19)23)12(22-14)8-1-3-9(4-2-8)24-10-5-20-6-10/h1-4,7,10,20H,5-6H2,(H2,19,23). The highest BCUT2D eigenvalue weighted by atomic mass is 19.4. The van der Waals surface area contributed by atoms with Crippen LogP contribution in [0.15, 0.2) is 30.5 Å². The summed E-state index contributed by atoms with van der Waals surface area (Å²) in [5.74, 6) is -1.65. The van der Waals surface area contributed by atoms with Crippen molar-refractivity contribution in [1.29, 1.82) is 0 Å². The van der Waals surface area contributed by atoms with Gasteiger partial charge in [0.15, 0.2) is 0 Å². The van der Waals surface area contributed by atoms with E-state index in [1.807, 2.05) is 0 Å². The number of benzene rings is 1. The summed E-state index contributed by atoms with van der Waals surface area (Å²) in [7, 11) is 0. The highest BCUT2D eigenvalue weighted by molar-refractivity contribution is 5.98. The summed E-state index contributed by atoms with van der Waals surface area (Å²) in [6, 6.07) is 6.26. The first-order valence-corrected chi connectivity index (χ1v) is 7.06. The number of carbonyl (C=O) groups excluding carboxylic acids is 1. The molecule has 2 heterocycles. The second kappa shape index (κ2) is 6.08. The molecule has 1 amide bonds. The molecular weight excluding hydrogens is 325 g/mol. The molecule has 0 bridgehead atoms. The molecule has 0 radical (unpaired) electrons. The fraction of sp³-hybridized carbons (Fsp3) is 0.267. The number of ether oxygens (including phenoxy) is 1. The molecule has 1 fully saturated rings. The number of hydrogen-bond donors (Lipinski definition) is 2. The highest BCUT2D eigenvalue weighted by Crippen LogP contribution is 2.30. The number of alkyl halides is 3. The van der Waals surface area contributed by atoms with Crippen LogP contribution < -0.4 is 15.8 Å². The summed E-state index contributed by atoms with van der Waals surface area (Å²) in [5, 5.41) is 3.06.